The van der Waals surface area contributed by atoms with Gasteiger partial charge in [-0.05, 0) is 25.9 Å². The second-order valence-corrected chi connectivity index (χ2v) is 4.02. The lowest BCUT2D eigenvalue weighted by Crippen LogP contribution is -2.28. The Morgan fingerprint density at radius 2 is 2.29 bits per heavy atom. The molecule has 0 bridgehead atoms. The van der Waals surface area contributed by atoms with E-state index < -0.39 is 0 Å². The first-order valence-electron chi connectivity index (χ1n) is 4.64. The molecule has 78 valence electrons. The van der Waals surface area contributed by atoms with Gasteiger partial charge >= 0.3 is 0 Å². The van der Waals surface area contributed by atoms with Crippen LogP contribution in [0.2, 0.25) is 0 Å². The first-order chi connectivity index (χ1) is 6.83. The number of piperidine rings is 1. The Hall–Kier alpha value is -0.940. The summed E-state index contributed by atoms with van der Waals surface area (Å²) in [6.07, 6.45) is 4.81. The minimum Gasteiger partial charge on any atom is -0.375 e. The Kier molecular flexibility index (Phi) is 5.17. The molecule has 0 aliphatic carbocycles. The summed E-state index contributed by atoms with van der Waals surface area (Å²) < 4.78 is 0. The summed E-state index contributed by atoms with van der Waals surface area (Å²) in [5.74, 6) is 0.344. The largest absolute Gasteiger partial charge is 0.375 e. The highest BCUT2D eigenvalue weighted by Crippen LogP contribution is 2.06. The van der Waals surface area contributed by atoms with Crippen LogP contribution in [0, 0.1) is 5.92 Å². The van der Waals surface area contributed by atoms with Gasteiger partial charge in [0.15, 0.2) is 5.13 Å². The molecule has 0 amide bonds. The third kappa shape index (κ3) is 4.34. The number of rotatable bonds is 1. The van der Waals surface area contributed by atoms with Crippen molar-refractivity contribution in [2.24, 2.45) is 5.92 Å². The molecule has 1 aliphatic heterocycles. The van der Waals surface area contributed by atoms with Gasteiger partial charge in [0, 0.05) is 17.5 Å². The molecule has 14 heavy (non-hydrogen) atoms. The van der Waals surface area contributed by atoms with Gasteiger partial charge < -0.3 is 15.8 Å². The number of hydrogen-bond donors (Lipinski definition) is 2. The van der Waals surface area contributed by atoms with E-state index in [-0.39, 0.29) is 0 Å². The summed E-state index contributed by atoms with van der Waals surface area (Å²) in [4.78, 5) is 13.8. The van der Waals surface area contributed by atoms with E-state index in [1.54, 1.807) is 6.20 Å². The molecule has 0 saturated carbocycles. The molecule has 0 unspecified atom stereocenters. The number of hydrogen-bond acceptors (Lipinski definition) is 5. The maximum Gasteiger partial charge on any atom is 0.179 e. The highest BCUT2D eigenvalue weighted by Gasteiger charge is 2.09. The van der Waals surface area contributed by atoms with Gasteiger partial charge in [0.1, 0.15) is 6.29 Å². The monoisotopic (exact) mass is 213 g/mol. The highest BCUT2D eigenvalue weighted by molar-refractivity contribution is 7.13. The molecule has 5 heteroatoms. The number of aromatic nitrogens is 1. The second kappa shape index (κ2) is 6.50. The SMILES string of the molecule is Nc1nccs1.O=CC1CCNCC1. The maximum atomic E-state index is 10.1. The maximum absolute atomic E-state index is 10.1. The lowest BCUT2D eigenvalue weighted by Gasteiger charge is -2.16. The van der Waals surface area contributed by atoms with Crippen molar-refractivity contribution in [3.05, 3.63) is 11.6 Å². The van der Waals surface area contributed by atoms with E-state index in [9.17, 15) is 4.79 Å². The number of anilines is 1. The zero-order valence-corrected chi connectivity index (χ0v) is 8.80. The number of nitrogen functional groups attached to an aromatic ring is 1. The zero-order chi connectivity index (χ0) is 10.2. The van der Waals surface area contributed by atoms with Crippen molar-refractivity contribution in [1.29, 1.82) is 0 Å². The van der Waals surface area contributed by atoms with Crippen LogP contribution < -0.4 is 11.1 Å². The smallest absolute Gasteiger partial charge is 0.179 e. The van der Waals surface area contributed by atoms with Crippen molar-refractivity contribution >= 4 is 22.8 Å². The van der Waals surface area contributed by atoms with Crippen LogP contribution in [0.3, 0.4) is 0 Å². The fourth-order valence-corrected chi connectivity index (χ4v) is 1.60. The normalized spacial score (nSPS) is 16.9. The lowest BCUT2D eigenvalue weighted by atomic mass is 10.0. The Bertz CT molecular complexity index is 245. The van der Waals surface area contributed by atoms with Gasteiger partial charge in [-0.1, -0.05) is 0 Å². The van der Waals surface area contributed by atoms with E-state index in [1.807, 2.05) is 5.38 Å². The Labute approximate surface area is 87.5 Å². The van der Waals surface area contributed by atoms with Crippen LogP contribution in [-0.2, 0) is 4.79 Å². The molecular formula is C9H15N3OS. The number of nitrogens with zero attached hydrogens (tertiary/aromatic N) is 1. The summed E-state index contributed by atoms with van der Waals surface area (Å²) in [6.45, 7) is 2.03. The molecule has 2 rings (SSSR count). The van der Waals surface area contributed by atoms with Gasteiger partial charge in [-0.25, -0.2) is 4.98 Å². The summed E-state index contributed by atoms with van der Waals surface area (Å²) in [5.41, 5.74) is 5.19. The Morgan fingerprint density at radius 1 is 1.57 bits per heavy atom. The van der Waals surface area contributed by atoms with Crippen LogP contribution in [0.1, 0.15) is 12.8 Å². The minimum absolute atomic E-state index is 0.344. The van der Waals surface area contributed by atoms with Crippen molar-refractivity contribution in [2.75, 3.05) is 18.8 Å². The first kappa shape index (κ1) is 11.1. The number of aldehydes is 1. The van der Waals surface area contributed by atoms with Gasteiger partial charge in [0.2, 0.25) is 0 Å². The van der Waals surface area contributed by atoms with Gasteiger partial charge in [-0.3, -0.25) is 0 Å². The number of thiazole rings is 1. The number of nitrogens with one attached hydrogen (secondary N) is 1. The van der Waals surface area contributed by atoms with E-state index in [2.05, 4.69) is 10.3 Å². The third-order valence-corrected chi connectivity index (χ3v) is 2.63. The standard InChI is InChI=1S/C6H11NO.C3H4N2S/c8-5-6-1-3-7-4-2-6;4-3-5-1-2-6-3/h5-7H,1-4H2;1-2H,(H2,4,5). The topological polar surface area (TPSA) is 68.0 Å². The Balaban J connectivity index is 0.000000146. The van der Waals surface area contributed by atoms with Gasteiger partial charge in [-0.15, -0.1) is 11.3 Å². The molecule has 3 N–H and O–H groups in total. The fraction of sp³-hybridized carbons (Fsp3) is 0.556. The molecular weight excluding hydrogens is 198 g/mol. The molecule has 0 aromatic carbocycles. The molecule has 0 atom stereocenters. The molecule has 0 radical (unpaired) electrons. The quantitative estimate of drug-likeness (QED) is 0.680. The predicted octanol–water partition coefficient (Wildman–Crippen LogP) is 0.910. The van der Waals surface area contributed by atoms with Crippen LogP contribution in [0.4, 0.5) is 5.13 Å². The summed E-state index contributed by atoms with van der Waals surface area (Å²) >= 11 is 1.44. The molecule has 4 nitrogen and oxygen atoms in total. The zero-order valence-electron chi connectivity index (χ0n) is 7.98. The van der Waals surface area contributed by atoms with Crippen LogP contribution in [0.5, 0.6) is 0 Å². The van der Waals surface area contributed by atoms with Crippen LogP contribution in [0.15, 0.2) is 11.6 Å². The molecule has 0 spiro atoms. The van der Waals surface area contributed by atoms with Crippen molar-refractivity contribution < 1.29 is 4.79 Å². The fourth-order valence-electron chi connectivity index (χ4n) is 1.21. The van der Waals surface area contributed by atoms with E-state index in [1.165, 1.54) is 11.3 Å². The van der Waals surface area contributed by atoms with Crippen molar-refractivity contribution in [2.45, 2.75) is 12.8 Å². The van der Waals surface area contributed by atoms with E-state index in [0.29, 0.717) is 11.0 Å². The molecule has 1 saturated heterocycles. The summed E-state index contributed by atoms with van der Waals surface area (Å²) in [5, 5.41) is 5.67. The predicted molar refractivity (Wildman–Crippen MR) is 58.2 cm³/mol. The Morgan fingerprint density at radius 3 is 2.57 bits per heavy atom. The van der Waals surface area contributed by atoms with Crippen molar-refractivity contribution in [1.82, 2.24) is 10.3 Å². The van der Waals surface area contributed by atoms with Crippen LogP contribution in [-0.4, -0.2) is 24.4 Å². The molecule has 1 aromatic heterocycles. The van der Waals surface area contributed by atoms with Crippen LogP contribution >= 0.6 is 11.3 Å². The van der Waals surface area contributed by atoms with E-state index in [0.717, 1.165) is 32.2 Å². The van der Waals surface area contributed by atoms with Crippen molar-refractivity contribution in [3.63, 3.8) is 0 Å². The number of nitrogens with two attached hydrogens (primary N) is 1. The molecule has 1 aromatic rings. The number of carbonyl (C=O) groups is 1. The second-order valence-electron chi connectivity index (χ2n) is 3.09. The molecule has 2 heterocycles. The van der Waals surface area contributed by atoms with Gasteiger partial charge in [0.25, 0.3) is 0 Å². The van der Waals surface area contributed by atoms with Crippen LogP contribution in [0.25, 0.3) is 0 Å². The lowest BCUT2D eigenvalue weighted by molar-refractivity contribution is -0.111. The minimum atomic E-state index is 0.344. The average molecular weight is 213 g/mol. The van der Waals surface area contributed by atoms with Gasteiger partial charge in [-0.2, -0.15) is 0 Å². The van der Waals surface area contributed by atoms with Crippen molar-refractivity contribution in [3.8, 4) is 0 Å². The van der Waals surface area contributed by atoms with Gasteiger partial charge in [0.05, 0.1) is 0 Å². The van der Waals surface area contributed by atoms with E-state index in [4.69, 9.17) is 5.73 Å². The summed E-state index contributed by atoms with van der Waals surface area (Å²) in [6, 6.07) is 0. The molecule has 1 aliphatic rings. The molecule has 1 fully saturated rings. The average Bonchev–Trinajstić information content (AvgIpc) is 2.71. The third-order valence-electron chi connectivity index (χ3n) is 2.03. The van der Waals surface area contributed by atoms with E-state index >= 15 is 0 Å². The number of carbonyl (C=O) groups excluding carboxylic acids is 1. The summed E-state index contributed by atoms with van der Waals surface area (Å²) in [7, 11) is 0. The highest BCUT2D eigenvalue weighted by atomic mass is 32.1. The first-order valence-corrected chi connectivity index (χ1v) is 5.52.